The standard InChI is InChI=1S/C18H24N4O2S/c1-18(2,3)14-6-8-16(9-7-14)25(23,24)21-10-15(11-21)22-12-17(19-20-22)13-4-5-13/h6-9,12-13,15H,4-5,10-11H2,1-3H3. The summed E-state index contributed by atoms with van der Waals surface area (Å²) in [7, 11) is -3.43. The van der Waals surface area contributed by atoms with Crippen molar-refractivity contribution in [2.75, 3.05) is 13.1 Å². The number of benzene rings is 1. The molecule has 0 unspecified atom stereocenters. The third-order valence-corrected chi connectivity index (χ3v) is 6.93. The molecule has 1 aliphatic carbocycles. The van der Waals surface area contributed by atoms with E-state index in [1.54, 1.807) is 12.1 Å². The smallest absolute Gasteiger partial charge is 0.243 e. The van der Waals surface area contributed by atoms with Gasteiger partial charge in [-0.25, -0.2) is 13.1 Å². The first-order valence-corrected chi connectivity index (χ1v) is 10.2. The molecule has 1 saturated heterocycles. The fraction of sp³-hybridized carbons (Fsp3) is 0.556. The Hall–Kier alpha value is -1.73. The van der Waals surface area contributed by atoms with Gasteiger partial charge < -0.3 is 0 Å². The lowest BCUT2D eigenvalue weighted by Gasteiger charge is -2.37. The van der Waals surface area contributed by atoms with E-state index < -0.39 is 10.0 Å². The molecule has 2 aliphatic rings. The Bertz CT molecular complexity index is 871. The van der Waals surface area contributed by atoms with Crippen LogP contribution in [0.5, 0.6) is 0 Å². The largest absolute Gasteiger partial charge is 0.247 e. The van der Waals surface area contributed by atoms with E-state index >= 15 is 0 Å². The molecule has 0 radical (unpaired) electrons. The van der Waals surface area contributed by atoms with E-state index in [2.05, 4.69) is 31.1 Å². The molecule has 6 nitrogen and oxygen atoms in total. The highest BCUT2D eigenvalue weighted by atomic mass is 32.2. The number of rotatable bonds is 4. The molecule has 2 fully saturated rings. The van der Waals surface area contributed by atoms with Crippen molar-refractivity contribution in [1.82, 2.24) is 19.3 Å². The van der Waals surface area contributed by atoms with Gasteiger partial charge in [0.1, 0.15) is 0 Å². The molecule has 0 atom stereocenters. The first-order chi connectivity index (χ1) is 11.7. The van der Waals surface area contributed by atoms with Crippen LogP contribution < -0.4 is 0 Å². The third kappa shape index (κ3) is 3.11. The summed E-state index contributed by atoms with van der Waals surface area (Å²) in [6.45, 7) is 7.26. The predicted octanol–water partition coefficient (Wildman–Crippen LogP) is 2.70. The van der Waals surface area contributed by atoms with Crippen LogP contribution in [-0.4, -0.2) is 40.8 Å². The molecular weight excluding hydrogens is 336 g/mol. The topological polar surface area (TPSA) is 68.1 Å². The Kier molecular flexibility index (Phi) is 3.77. The number of nitrogens with zero attached hydrogens (tertiary/aromatic N) is 4. The number of aromatic nitrogens is 3. The summed E-state index contributed by atoms with van der Waals surface area (Å²) in [6, 6.07) is 7.32. The van der Waals surface area contributed by atoms with Crippen molar-refractivity contribution in [1.29, 1.82) is 0 Å². The number of sulfonamides is 1. The molecular formula is C18H24N4O2S. The molecule has 0 N–H and O–H groups in total. The SMILES string of the molecule is CC(C)(C)c1ccc(S(=O)(=O)N2CC(n3cc(C4CC4)nn3)C2)cc1. The zero-order valence-corrected chi connectivity index (χ0v) is 15.7. The average Bonchev–Trinajstić information content (AvgIpc) is 3.24. The van der Waals surface area contributed by atoms with E-state index in [0.717, 1.165) is 11.3 Å². The second-order valence-corrected chi connectivity index (χ2v) is 10.1. The second-order valence-electron chi connectivity index (χ2n) is 8.15. The van der Waals surface area contributed by atoms with Crippen LogP contribution in [0.1, 0.15) is 56.8 Å². The first-order valence-electron chi connectivity index (χ1n) is 8.77. The summed E-state index contributed by atoms with van der Waals surface area (Å²) in [5, 5.41) is 8.38. The summed E-state index contributed by atoms with van der Waals surface area (Å²) in [4.78, 5) is 0.358. The van der Waals surface area contributed by atoms with Crippen molar-refractivity contribution in [2.45, 2.75) is 55.9 Å². The minimum absolute atomic E-state index is 0.0104. The van der Waals surface area contributed by atoms with Gasteiger partial charge in [-0.15, -0.1) is 5.10 Å². The minimum Gasteiger partial charge on any atom is -0.247 e. The van der Waals surface area contributed by atoms with Crippen LogP contribution in [0.2, 0.25) is 0 Å². The van der Waals surface area contributed by atoms with Crippen LogP contribution in [0, 0.1) is 0 Å². The van der Waals surface area contributed by atoms with E-state index in [-0.39, 0.29) is 11.5 Å². The van der Waals surface area contributed by atoms with Gasteiger partial charge in [0, 0.05) is 25.2 Å². The van der Waals surface area contributed by atoms with E-state index in [0.29, 0.717) is 23.9 Å². The lowest BCUT2D eigenvalue weighted by Crippen LogP contribution is -2.50. The van der Waals surface area contributed by atoms with Gasteiger partial charge in [0.2, 0.25) is 10.0 Å². The first kappa shape index (κ1) is 16.7. The zero-order valence-electron chi connectivity index (χ0n) is 14.9. The minimum atomic E-state index is -3.43. The van der Waals surface area contributed by atoms with Gasteiger partial charge in [0.25, 0.3) is 0 Å². The molecule has 1 saturated carbocycles. The zero-order chi connectivity index (χ0) is 17.8. The molecule has 4 rings (SSSR count). The van der Waals surface area contributed by atoms with Crippen molar-refractivity contribution in [2.24, 2.45) is 0 Å². The highest BCUT2D eigenvalue weighted by Crippen LogP contribution is 2.39. The van der Waals surface area contributed by atoms with Crippen LogP contribution >= 0.6 is 0 Å². The number of hydrogen-bond donors (Lipinski definition) is 0. The molecule has 1 aromatic carbocycles. The molecule has 1 aliphatic heterocycles. The molecule has 134 valence electrons. The summed E-state index contributed by atoms with van der Waals surface area (Å²) in [5.41, 5.74) is 2.18. The van der Waals surface area contributed by atoms with Crippen molar-refractivity contribution >= 4 is 10.0 Å². The summed E-state index contributed by atoms with van der Waals surface area (Å²) in [6.07, 6.45) is 4.35. The van der Waals surface area contributed by atoms with Gasteiger partial charge in [-0.1, -0.05) is 38.1 Å². The van der Waals surface area contributed by atoms with Crippen LogP contribution in [0.25, 0.3) is 0 Å². The Morgan fingerprint density at radius 2 is 1.72 bits per heavy atom. The maximum atomic E-state index is 12.8. The van der Waals surface area contributed by atoms with E-state index in [1.165, 1.54) is 17.1 Å². The Labute approximate surface area is 148 Å². The van der Waals surface area contributed by atoms with Crippen molar-refractivity contribution in [3.05, 3.63) is 41.7 Å². The fourth-order valence-electron chi connectivity index (χ4n) is 3.09. The molecule has 0 amide bonds. The van der Waals surface area contributed by atoms with Crippen LogP contribution in [0.15, 0.2) is 35.4 Å². The highest BCUT2D eigenvalue weighted by molar-refractivity contribution is 7.89. The average molecular weight is 360 g/mol. The Balaban J connectivity index is 1.45. The van der Waals surface area contributed by atoms with Gasteiger partial charge in [0.05, 0.1) is 16.6 Å². The molecule has 0 spiro atoms. The van der Waals surface area contributed by atoms with Crippen molar-refractivity contribution in [3.8, 4) is 0 Å². The van der Waals surface area contributed by atoms with Crippen LogP contribution in [0.3, 0.4) is 0 Å². The Morgan fingerprint density at radius 1 is 1.08 bits per heavy atom. The summed E-state index contributed by atoms with van der Waals surface area (Å²) in [5.74, 6) is 0.565. The normalized spacial score (nSPS) is 19.8. The van der Waals surface area contributed by atoms with Gasteiger partial charge in [-0.3, -0.25) is 0 Å². The molecule has 2 aromatic rings. The lowest BCUT2D eigenvalue weighted by atomic mass is 9.87. The van der Waals surface area contributed by atoms with E-state index in [9.17, 15) is 8.42 Å². The fourth-order valence-corrected chi connectivity index (χ4v) is 4.61. The van der Waals surface area contributed by atoms with Crippen molar-refractivity contribution in [3.63, 3.8) is 0 Å². The lowest BCUT2D eigenvalue weighted by molar-refractivity contribution is 0.189. The maximum Gasteiger partial charge on any atom is 0.243 e. The second kappa shape index (κ2) is 5.64. The highest BCUT2D eigenvalue weighted by Gasteiger charge is 2.39. The number of hydrogen-bond acceptors (Lipinski definition) is 4. The summed E-state index contributed by atoms with van der Waals surface area (Å²) < 4.78 is 28.9. The maximum absolute atomic E-state index is 12.8. The van der Waals surface area contributed by atoms with Crippen LogP contribution in [-0.2, 0) is 15.4 Å². The van der Waals surface area contributed by atoms with E-state index in [1.807, 2.05) is 23.0 Å². The quantitative estimate of drug-likeness (QED) is 0.841. The van der Waals surface area contributed by atoms with Gasteiger partial charge in [0.15, 0.2) is 0 Å². The van der Waals surface area contributed by atoms with Gasteiger partial charge in [-0.2, -0.15) is 4.31 Å². The Morgan fingerprint density at radius 3 is 2.28 bits per heavy atom. The molecule has 0 bridgehead atoms. The van der Waals surface area contributed by atoms with Gasteiger partial charge >= 0.3 is 0 Å². The van der Waals surface area contributed by atoms with Crippen LogP contribution in [0.4, 0.5) is 0 Å². The third-order valence-electron chi connectivity index (χ3n) is 5.08. The monoisotopic (exact) mass is 360 g/mol. The molecule has 25 heavy (non-hydrogen) atoms. The van der Waals surface area contributed by atoms with Gasteiger partial charge in [-0.05, 0) is 36.0 Å². The molecule has 2 heterocycles. The summed E-state index contributed by atoms with van der Waals surface area (Å²) >= 11 is 0. The molecule has 7 heteroatoms. The molecule has 1 aromatic heterocycles. The van der Waals surface area contributed by atoms with Crippen molar-refractivity contribution < 1.29 is 8.42 Å². The predicted molar refractivity (Wildman–Crippen MR) is 94.9 cm³/mol. The van der Waals surface area contributed by atoms with E-state index in [4.69, 9.17) is 0 Å².